The van der Waals surface area contributed by atoms with Crippen molar-refractivity contribution in [3.63, 3.8) is 0 Å². The van der Waals surface area contributed by atoms with Crippen molar-refractivity contribution in [1.82, 2.24) is 0 Å². The van der Waals surface area contributed by atoms with Crippen LogP contribution in [0, 0.1) is 10.7 Å². The molecule has 0 bridgehead atoms. The highest BCUT2D eigenvalue weighted by Gasteiger charge is 2.28. The highest BCUT2D eigenvalue weighted by atomic mass is 127. The third-order valence-corrected chi connectivity index (χ3v) is 7.45. The van der Waals surface area contributed by atoms with Crippen molar-refractivity contribution in [3.8, 4) is 0 Å². The van der Waals surface area contributed by atoms with Crippen LogP contribution in [0.25, 0.3) is 0 Å². The topological polar surface area (TPSA) is 124 Å². The Morgan fingerprint density at radius 3 is 2.07 bits per heavy atom. The molecule has 0 radical (unpaired) electrons. The number of carboxylic acids is 2. The lowest BCUT2D eigenvalue weighted by molar-refractivity contribution is -0.137. The fourth-order valence-corrected chi connectivity index (χ4v) is 7.28. The van der Waals surface area contributed by atoms with Crippen molar-refractivity contribution in [2.24, 2.45) is 0 Å². The molecule has 0 heterocycles. The number of carboxylic acid groups (broad SMARTS) is 2. The van der Waals surface area contributed by atoms with Gasteiger partial charge in [-0.05, 0) is 80.6 Å². The van der Waals surface area contributed by atoms with E-state index < -0.39 is 17.8 Å². The van der Waals surface area contributed by atoms with Gasteiger partial charge >= 0.3 is 11.9 Å². The van der Waals surface area contributed by atoms with Crippen molar-refractivity contribution in [2.75, 3.05) is 17.3 Å². The number of nitrogens with one attached hydrogen (secondary N) is 1. The average molecular weight is 756 g/mol. The second-order valence-electron chi connectivity index (χ2n) is 6.55. The molecule has 0 unspecified atom stereocenters. The normalized spacial score (nSPS) is 10.6. The van der Waals surface area contributed by atoms with Gasteiger partial charge in [-0.15, -0.1) is 0 Å². The third-order valence-electron chi connectivity index (χ3n) is 4.27. The number of anilines is 2. The van der Waals surface area contributed by atoms with E-state index in [0.717, 1.165) is 19.3 Å². The van der Waals surface area contributed by atoms with Gasteiger partial charge in [0.2, 0.25) is 11.8 Å². The van der Waals surface area contributed by atoms with E-state index in [9.17, 15) is 24.3 Å². The number of halogens is 3. The Morgan fingerprint density at radius 2 is 1.53 bits per heavy atom. The van der Waals surface area contributed by atoms with E-state index in [2.05, 4.69) is 5.32 Å². The maximum Gasteiger partial charge on any atom is 0.338 e. The minimum absolute atomic E-state index is 0.00598. The van der Waals surface area contributed by atoms with Crippen LogP contribution in [0.1, 0.15) is 62.2 Å². The molecule has 1 aromatic rings. The first-order valence-electron chi connectivity index (χ1n) is 9.24. The smallest absolute Gasteiger partial charge is 0.338 e. The van der Waals surface area contributed by atoms with Crippen molar-refractivity contribution in [1.29, 1.82) is 0 Å². The summed E-state index contributed by atoms with van der Waals surface area (Å²) in [7, 11) is 1.60. The van der Waals surface area contributed by atoms with Crippen LogP contribution in [0.4, 0.5) is 11.4 Å². The summed E-state index contributed by atoms with van der Waals surface area (Å²) in [5.41, 5.74) is 0.773. The zero-order chi connectivity index (χ0) is 23.0. The second kappa shape index (κ2) is 13.0. The molecule has 0 aromatic heterocycles. The van der Waals surface area contributed by atoms with Crippen molar-refractivity contribution >= 4 is 103 Å². The molecule has 0 atom stereocenters. The largest absolute Gasteiger partial charge is 0.481 e. The van der Waals surface area contributed by atoms with E-state index in [1.165, 1.54) is 4.90 Å². The molecule has 0 aliphatic carbocycles. The zero-order valence-corrected chi connectivity index (χ0v) is 23.0. The lowest BCUT2D eigenvalue weighted by atomic mass is 10.1. The molecular formula is C19H23I3N2O6. The third kappa shape index (κ3) is 7.46. The number of hydrogen-bond acceptors (Lipinski definition) is 4. The van der Waals surface area contributed by atoms with E-state index in [0.29, 0.717) is 28.5 Å². The lowest BCUT2D eigenvalue weighted by Crippen LogP contribution is -2.29. The number of hydrogen-bond donors (Lipinski definition) is 3. The molecular weight excluding hydrogens is 733 g/mol. The molecule has 0 saturated heterocycles. The van der Waals surface area contributed by atoms with Crippen molar-refractivity contribution in [2.45, 2.75) is 51.9 Å². The Hall–Kier alpha value is -0.710. The Kier molecular flexibility index (Phi) is 11.8. The van der Waals surface area contributed by atoms with Crippen molar-refractivity contribution < 1.29 is 29.4 Å². The Morgan fingerprint density at radius 1 is 0.900 bits per heavy atom. The van der Waals surface area contributed by atoms with Crippen LogP contribution in [0.15, 0.2) is 0 Å². The summed E-state index contributed by atoms with van der Waals surface area (Å²) in [6, 6.07) is 0. The van der Waals surface area contributed by atoms with E-state index in [4.69, 9.17) is 5.11 Å². The average Bonchev–Trinajstić information content (AvgIpc) is 2.64. The van der Waals surface area contributed by atoms with Crippen LogP contribution >= 0.6 is 67.8 Å². The number of carbonyl (C=O) groups is 4. The number of carbonyl (C=O) groups excluding carboxylic acids is 2. The molecule has 3 N–H and O–H groups in total. The summed E-state index contributed by atoms with van der Waals surface area (Å²) in [6.07, 6.45) is 3.04. The summed E-state index contributed by atoms with van der Waals surface area (Å²) in [4.78, 5) is 49.0. The quantitative estimate of drug-likeness (QED) is 0.218. The molecule has 166 valence electrons. The fourth-order valence-electron chi connectivity index (χ4n) is 2.66. The predicted molar refractivity (Wildman–Crippen MR) is 139 cm³/mol. The van der Waals surface area contributed by atoms with Gasteiger partial charge in [0, 0.05) is 26.3 Å². The van der Waals surface area contributed by atoms with Gasteiger partial charge in [0.25, 0.3) is 0 Å². The van der Waals surface area contributed by atoms with Crippen LogP contribution in [-0.4, -0.2) is 41.0 Å². The molecule has 2 amide bonds. The van der Waals surface area contributed by atoms with E-state index in [1.807, 2.05) is 74.7 Å². The minimum atomic E-state index is -1.16. The molecule has 11 heteroatoms. The van der Waals surface area contributed by atoms with Gasteiger partial charge in [-0.2, -0.15) is 0 Å². The van der Waals surface area contributed by atoms with Gasteiger partial charge < -0.3 is 20.4 Å². The number of aromatic carboxylic acids is 1. The number of nitrogens with zero attached hydrogens (tertiary/aromatic N) is 1. The van der Waals surface area contributed by atoms with Gasteiger partial charge in [0.05, 0.1) is 27.6 Å². The first-order valence-corrected chi connectivity index (χ1v) is 12.5. The van der Waals surface area contributed by atoms with Gasteiger partial charge in [0.1, 0.15) is 0 Å². The minimum Gasteiger partial charge on any atom is -0.481 e. The molecule has 8 nitrogen and oxygen atoms in total. The number of benzene rings is 1. The molecule has 1 aromatic carbocycles. The second-order valence-corrected chi connectivity index (χ2v) is 9.79. The molecule has 0 fully saturated rings. The van der Waals surface area contributed by atoms with Crippen LogP contribution in [0.2, 0.25) is 0 Å². The monoisotopic (exact) mass is 756 g/mol. The maximum absolute atomic E-state index is 12.7. The highest BCUT2D eigenvalue weighted by molar-refractivity contribution is 14.1. The molecule has 0 saturated carbocycles. The number of rotatable bonds is 11. The van der Waals surface area contributed by atoms with Crippen LogP contribution in [-0.2, 0) is 14.4 Å². The van der Waals surface area contributed by atoms with Gasteiger partial charge in [-0.25, -0.2) is 4.79 Å². The first-order chi connectivity index (χ1) is 14.0. The Bertz CT molecular complexity index is 844. The lowest BCUT2D eigenvalue weighted by Gasteiger charge is -2.25. The Labute approximate surface area is 216 Å². The van der Waals surface area contributed by atoms with Crippen LogP contribution < -0.4 is 10.2 Å². The maximum atomic E-state index is 12.7. The number of aliphatic carboxylic acids is 1. The van der Waals surface area contributed by atoms with E-state index in [1.54, 1.807) is 7.05 Å². The Balaban J connectivity index is 3.32. The van der Waals surface area contributed by atoms with Gasteiger partial charge in [-0.1, -0.05) is 19.8 Å². The zero-order valence-electron chi connectivity index (χ0n) is 16.6. The molecule has 1 rings (SSSR count). The predicted octanol–water partition coefficient (Wildman–Crippen LogP) is 4.94. The molecule has 0 aliphatic rings. The van der Waals surface area contributed by atoms with Crippen LogP contribution in [0.5, 0.6) is 0 Å². The summed E-state index contributed by atoms with van der Waals surface area (Å²) in [5, 5.41) is 21.2. The van der Waals surface area contributed by atoms with Gasteiger partial charge in [0.15, 0.2) is 0 Å². The summed E-state index contributed by atoms with van der Waals surface area (Å²) < 4.78 is 1.34. The molecule has 0 spiro atoms. The summed E-state index contributed by atoms with van der Waals surface area (Å²) in [6.45, 7) is 2.05. The molecule has 30 heavy (non-hydrogen) atoms. The standard InChI is InChI=1S/C19H23I3N2O6/c1-3-4-5-8-11(26)24(2)18-15(21)13(19(29)30)14(20)17(16(18)22)23-10(25)7-6-9-12(27)28/h3-9H2,1-2H3,(H,23,25)(H,27,28)(H,29,30). The summed E-state index contributed by atoms with van der Waals surface area (Å²) in [5.74, 6) is -2.68. The SMILES string of the molecule is CCCCCC(=O)N(C)c1c(I)c(NC(=O)CCCC(=O)O)c(I)c(C(=O)O)c1I. The van der Waals surface area contributed by atoms with Crippen LogP contribution in [0.3, 0.4) is 0 Å². The fraction of sp³-hybridized carbons (Fsp3) is 0.474. The van der Waals surface area contributed by atoms with E-state index >= 15 is 0 Å². The molecule has 0 aliphatic heterocycles. The first kappa shape index (κ1) is 27.3. The number of amides is 2. The van der Waals surface area contributed by atoms with Crippen molar-refractivity contribution in [3.05, 3.63) is 16.3 Å². The van der Waals surface area contributed by atoms with Gasteiger partial charge in [-0.3, -0.25) is 14.4 Å². The summed E-state index contributed by atoms with van der Waals surface area (Å²) >= 11 is 5.79. The number of unbranched alkanes of at least 4 members (excludes halogenated alkanes) is 2. The highest BCUT2D eigenvalue weighted by Crippen LogP contribution is 2.40. The van der Waals surface area contributed by atoms with E-state index in [-0.39, 0.29) is 30.7 Å².